The lowest BCUT2D eigenvalue weighted by Crippen LogP contribution is -2.61. The van der Waals surface area contributed by atoms with Crippen molar-refractivity contribution in [3.8, 4) is 0 Å². The lowest BCUT2D eigenvalue weighted by molar-refractivity contribution is -0.149. The van der Waals surface area contributed by atoms with Gasteiger partial charge in [0.05, 0.1) is 0 Å². The van der Waals surface area contributed by atoms with Gasteiger partial charge < -0.3 is 16.0 Å². The minimum Gasteiger partial charge on any atom is -0.367 e. The Kier molecular flexibility index (Phi) is 6.46. The van der Waals surface area contributed by atoms with E-state index in [2.05, 4.69) is 20.8 Å². The Morgan fingerprint density at radius 2 is 1.90 bits per heavy atom. The zero-order valence-electron chi connectivity index (χ0n) is 17.0. The van der Waals surface area contributed by atoms with Crippen molar-refractivity contribution < 1.29 is 9.59 Å². The van der Waals surface area contributed by atoms with Crippen LogP contribution < -0.4 is 11.1 Å². The van der Waals surface area contributed by atoms with Gasteiger partial charge in [-0.1, -0.05) is 56.4 Å². The maximum atomic E-state index is 13.5. The summed E-state index contributed by atoms with van der Waals surface area (Å²) in [6.07, 6.45) is 4.13. The number of carbonyl (C=O) groups excluding carboxylic acids is 2. The molecule has 0 saturated heterocycles. The van der Waals surface area contributed by atoms with Crippen LogP contribution in [0, 0.1) is 5.92 Å². The molecule has 1 heterocycles. The van der Waals surface area contributed by atoms with Crippen LogP contribution in [-0.2, 0) is 16.1 Å². The number of carbonyl (C=O) groups is 2. The number of tetrazole rings is 1. The Balaban J connectivity index is 1.91. The van der Waals surface area contributed by atoms with Gasteiger partial charge in [0, 0.05) is 12.2 Å². The van der Waals surface area contributed by atoms with Gasteiger partial charge in [-0.05, 0) is 41.3 Å². The van der Waals surface area contributed by atoms with Crippen molar-refractivity contribution in [1.29, 1.82) is 0 Å². The summed E-state index contributed by atoms with van der Waals surface area (Å²) in [5.74, 6) is -0.0623. The van der Waals surface area contributed by atoms with Crippen LogP contribution in [0.2, 0.25) is 0 Å². The summed E-state index contributed by atoms with van der Waals surface area (Å²) in [5, 5.41) is 14.0. The van der Waals surface area contributed by atoms with Gasteiger partial charge in [-0.15, -0.1) is 0 Å². The molecule has 2 aromatic rings. The zero-order chi connectivity index (χ0) is 20.9. The first-order valence-electron chi connectivity index (χ1n) is 10.1. The molecular formula is C20H29N7O2. The van der Waals surface area contributed by atoms with E-state index in [1.165, 1.54) is 4.68 Å². The van der Waals surface area contributed by atoms with Gasteiger partial charge in [0.2, 0.25) is 17.8 Å². The number of nitrogen functional groups attached to an aromatic ring is 1. The average molecular weight is 399 g/mol. The molecule has 0 unspecified atom stereocenters. The summed E-state index contributed by atoms with van der Waals surface area (Å²) in [7, 11) is 0. The van der Waals surface area contributed by atoms with Crippen molar-refractivity contribution in [1.82, 2.24) is 25.1 Å². The molecule has 0 radical (unpaired) electrons. The lowest BCUT2D eigenvalue weighted by atomic mass is 9.78. The van der Waals surface area contributed by atoms with E-state index in [0.717, 1.165) is 24.9 Å². The molecular weight excluding hydrogens is 370 g/mol. The Hall–Kier alpha value is -2.97. The highest BCUT2D eigenvalue weighted by atomic mass is 16.2. The number of hydrogen-bond acceptors (Lipinski definition) is 6. The van der Waals surface area contributed by atoms with Crippen molar-refractivity contribution in [2.45, 2.75) is 58.0 Å². The number of nitrogens with one attached hydrogen (secondary N) is 1. The highest BCUT2D eigenvalue weighted by molar-refractivity contribution is 6.00. The molecule has 0 spiro atoms. The zero-order valence-corrected chi connectivity index (χ0v) is 17.0. The average Bonchev–Trinajstić information content (AvgIpc) is 3.11. The highest BCUT2D eigenvalue weighted by Gasteiger charge is 2.47. The van der Waals surface area contributed by atoms with Crippen LogP contribution in [0.15, 0.2) is 30.3 Å². The number of para-hydroxylation sites is 1. The molecule has 29 heavy (non-hydrogen) atoms. The molecule has 9 nitrogen and oxygen atoms in total. The molecule has 1 aromatic carbocycles. The largest absolute Gasteiger partial charge is 0.367 e. The third kappa shape index (κ3) is 4.72. The summed E-state index contributed by atoms with van der Waals surface area (Å²) in [4.78, 5) is 28.6. The van der Waals surface area contributed by atoms with Crippen molar-refractivity contribution in [3.63, 3.8) is 0 Å². The Morgan fingerprint density at radius 1 is 1.21 bits per heavy atom. The second kappa shape index (κ2) is 9.02. The summed E-state index contributed by atoms with van der Waals surface area (Å²) < 4.78 is 1.27. The van der Waals surface area contributed by atoms with Crippen molar-refractivity contribution in [3.05, 3.63) is 30.3 Å². The van der Waals surface area contributed by atoms with E-state index in [1.54, 1.807) is 4.90 Å². The van der Waals surface area contributed by atoms with Gasteiger partial charge in [0.1, 0.15) is 12.1 Å². The van der Waals surface area contributed by atoms with Crippen LogP contribution in [0.5, 0.6) is 0 Å². The fraction of sp³-hybridized carbons (Fsp3) is 0.550. The second-order valence-corrected chi connectivity index (χ2v) is 8.01. The first kappa shape index (κ1) is 20.8. The Labute approximate surface area is 170 Å². The molecule has 0 atom stereocenters. The van der Waals surface area contributed by atoms with Crippen molar-refractivity contribution in [2.75, 3.05) is 17.6 Å². The molecule has 1 aliphatic rings. The summed E-state index contributed by atoms with van der Waals surface area (Å²) in [5.41, 5.74) is 5.58. The minimum atomic E-state index is -0.891. The quantitative estimate of drug-likeness (QED) is 0.736. The first-order chi connectivity index (χ1) is 13.9. The smallest absolute Gasteiger partial charge is 0.250 e. The fourth-order valence-corrected chi connectivity index (χ4v) is 3.94. The van der Waals surface area contributed by atoms with Crippen LogP contribution in [0.3, 0.4) is 0 Å². The summed E-state index contributed by atoms with van der Waals surface area (Å²) in [6.45, 7) is 4.46. The minimum absolute atomic E-state index is 0.0780. The second-order valence-electron chi connectivity index (χ2n) is 8.01. The van der Waals surface area contributed by atoms with E-state index < -0.39 is 5.54 Å². The molecule has 1 aromatic heterocycles. The predicted octanol–water partition coefficient (Wildman–Crippen LogP) is 2.08. The summed E-state index contributed by atoms with van der Waals surface area (Å²) >= 11 is 0. The topological polar surface area (TPSA) is 119 Å². The SMILES string of the molecule is CC(C)CN(C(=O)Cn1nnnc1N)C1(C(=O)Nc2ccccc2)CCCCC1. The molecule has 2 amide bonds. The molecule has 3 N–H and O–H groups in total. The van der Waals surface area contributed by atoms with E-state index in [1.807, 2.05) is 44.2 Å². The number of hydrogen-bond donors (Lipinski definition) is 2. The third-order valence-electron chi connectivity index (χ3n) is 5.35. The van der Waals surface area contributed by atoms with Crippen LogP contribution in [0.1, 0.15) is 46.0 Å². The van der Waals surface area contributed by atoms with Gasteiger partial charge in [0.15, 0.2) is 0 Å². The molecule has 3 rings (SSSR count). The Bertz CT molecular complexity index is 828. The molecule has 0 aliphatic heterocycles. The monoisotopic (exact) mass is 399 g/mol. The molecule has 9 heteroatoms. The number of nitrogens with two attached hydrogens (primary N) is 1. The van der Waals surface area contributed by atoms with Gasteiger partial charge in [0.25, 0.3) is 0 Å². The summed E-state index contributed by atoms with van der Waals surface area (Å²) in [6, 6.07) is 9.36. The number of nitrogens with zero attached hydrogens (tertiary/aromatic N) is 5. The van der Waals surface area contributed by atoms with Crippen molar-refractivity contribution in [2.24, 2.45) is 5.92 Å². The van der Waals surface area contributed by atoms with Crippen LogP contribution >= 0.6 is 0 Å². The van der Waals surface area contributed by atoms with Gasteiger partial charge in [-0.2, -0.15) is 0 Å². The maximum absolute atomic E-state index is 13.5. The van der Waals surface area contributed by atoms with Gasteiger partial charge in [-0.25, -0.2) is 4.68 Å². The number of amides is 2. The van der Waals surface area contributed by atoms with Gasteiger partial charge >= 0.3 is 0 Å². The van der Waals surface area contributed by atoms with Crippen LogP contribution in [-0.4, -0.2) is 49.0 Å². The van der Waals surface area contributed by atoms with Crippen LogP contribution in [0.4, 0.5) is 11.6 Å². The normalized spacial score (nSPS) is 15.8. The van der Waals surface area contributed by atoms with E-state index in [4.69, 9.17) is 5.73 Å². The number of benzene rings is 1. The lowest BCUT2D eigenvalue weighted by Gasteiger charge is -2.45. The van der Waals surface area contributed by atoms with Crippen LogP contribution in [0.25, 0.3) is 0 Å². The Morgan fingerprint density at radius 3 is 2.48 bits per heavy atom. The number of aromatic nitrogens is 4. The van der Waals surface area contributed by atoms with Crippen molar-refractivity contribution >= 4 is 23.5 Å². The number of anilines is 2. The third-order valence-corrected chi connectivity index (χ3v) is 5.35. The molecule has 1 aliphatic carbocycles. The molecule has 156 valence electrons. The fourth-order valence-electron chi connectivity index (χ4n) is 3.94. The van der Waals surface area contributed by atoms with E-state index in [-0.39, 0.29) is 30.2 Å². The standard InChI is InChI=1S/C20H29N7O2/c1-15(2)13-26(17(28)14-27-19(21)23-24-25-27)20(11-7-4-8-12-20)18(29)22-16-9-5-3-6-10-16/h3,5-6,9-10,15H,4,7-8,11-14H2,1-2H3,(H,22,29)(H2,21,23,25). The molecule has 1 saturated carbocycles. The van der Waals surface area contributed by atoms with E-state index in [0.29, 0.717) is 19.4 Å². The maximum Gasteiger partial charge on any atom is 0.250 e. The molecule has 1 fully saturated rings. The van der Waals surface area contributed by atoms with Gasteiger partial charge in [-0.3, -0.25) is 9.59 Å². The molecule has 0 bridgehead atoms. The first-order valence-corrected chi connectivity index (χ1v) is 10.1. The number of rotatable bonds is 7. The van der Waals surface area contributed by atoms with E-state index in [9.17, 15) is 9.59 Å². The highest BCUT2D eigenvalue weighted by Crippen LogP contribution is 2.36. The van der Waals surface area contributed by atoms with E-state index >= 15 is 0 Å². The predicted molar refractivity (Wildman–Crippen MR) is 110 cm³/mol.